The molecular weight excluding hydrogens is 300 g/mol. The number of sulfonamides is 1. The molecule has 1 fully saturated rings. The highest BCUT2D eigenvalue weighted by Crippen LogP contribution is 2.27. The first-order chi connectivity index (χ1) is 10.4. The number of nitrogens with zero attached hydrogens (tertiary/aromatic N) is 3. The summed E-state index contributed by atoms with van der Waals surface area (Å²) in [5, 5.41) is 3.31. The topological polar surface area (TPSA) is 65.5 Å². The lowest BCUT2D eigenvalue weighted by atomic mass is 9.95. The summed E-state index contributed by atoms with van der Waals surface area (Å²) in [6.45, 7) is 2.93. The Bertz CT molecular complexity index is 589. The van der Waals surface area contributed by atoms with Crippen molar-refractivity contribution >= 4 is 15.8 Å². The molecular formula is C15H26N4O2S. The molecule has 0 bridgehead atoms. The summed E-state index contributed by atoms with van der Waals surface area (Å²) in [7, 11) is 0.954. The number of nitrogens with one attached hydrogen (secondary N) is 1. The number of anilines is 1. The van der Waals surface area contributed by atoms with E-state index in [1.165, 1.54) is 6.26 Å². The number of hydrogen-bond donors (Lipinski definition) is 1. The summed E-state index contributed by atoms with van der Waals surface area (Å²) >= 11 is 0. The molecule has 1 aliphatic rings. The number of piperidine rings is 1. The minimum atomic E-state index is -3.12. The minimum absolute atomic E-state index is 0.180. The van der Waals surface area contributed by atoms with Crippen LogP contribution < -0.4 is 5.32 Å². The van der Waals surface area contributed by atoms with Gasteiger partial charge in [-0.3, -0.25) is 0 Å². The van der Waals surface area contributed by atoms with Crippen LogP contribution in [0.2, 0.25) is 0 Å². The van der Waals surface area contributed by atoms with Crippen molar-refractivity contribution in [1.82, 2.24) is 14.2 Å². The molecule has 1 aromatic rings. The van der Waals surface area contributed by atoms with Gasteiger partial charge in [0.15, 0.2) is 0 Å². The van der Waals surface area contributed by atoms with E-state index in [4.69, 9.17) is 0 Å². The van der Waals surface area contributed by atoms with Gasteiger partial charge in [0, 0.05) is 37.8 Å². The highest BCUT2D eigenvalue weighted by atomic mass is 32.2. The SMILES string of the molecule is CN(C)CCNc1cccc([C@H]2CCCN(S(C)(=O)=O)C2)n1. The average molecular weight is 326 g/mol. The Balaban J connectivity index is 2.02. The molecule has 0 unspecified atom stereocenters. The second-order valence-corrected chi connectivity index (χ2v) is 8.12. The molecule has 1 N–H and O–H groups in total. The largest absolute Gasteiger partial charge is 0.369 e. The maximum Gasteiger partial charge on any atom is 0.211 e. The molecule has 1 atom stereocenters. The van der Waals surface area contributed by atoms with Crippen LogP contribution in [-0.4, -0.2) is 69.1 Å². The van der Waals surface area contributed by atoms with E-state index >= 15 is 0 Å². The van der Waals surface area contributed by atoms with Crippen molar-refractivity contribution in [2.75, 3.05) is 51.8 Å². The molecule has 0 radical (unpaired) electrons. The van der Waals surface area contributed by atoms with Gasteiger partial charge in [-0.25, -0.2) is 17.7 Å². The predicted molar refractivity (Wildman–Crippen MR) is 89.7 cm³/mol. The number of likely N-dealkylation sites (N-methyl/N-ethyl adjacent to an activating group) is 1. The van der Waals surface area contributed by atoms with E-state index in [9.17, 15) is 8.42 Å². The van der Waals surface area contributed by atoms with Crippen LogP contribution in [0, 0.1) is 0 Å². The Morgan fingerprint density at radius 2 is 2.18 bits per heavy atom. The third kappa shape index (κ3) is 4.93. The van der Waals surface area contributed by atoms with Crippen molar-refractivity contribution in [2.45, 2.75) is 18.8 Å². The Morgan fingerprint density at radius 3 is 2.86 bits per heavy atom. The first kappa shape index (κ1) is 17.2. The molecule has 1 saturated heterocycles. The molecule has 7 heteroatoms. The van der Waals surface area contributed by atoms with Gasteiger partial charge in [-0.2, -0.15) is 0 Å². The monoisotopic (exact) mass is 326 g/mol. The third-order valence-electron chi connectivity index (χ3n) is 3.91. The van der Waals surface area contributed by atoms with E-state index in [0.29, 0.717) is 13.1 Å². The smallest absolute Gasteiger partial charge is 0.211 e. The Morgan fingerprint density at radius 1 is 1.41 bits per heavy atom. The number of rotatable bonds is 6. The average Bonchev–Trinajstić information content (AvgIpc) is 2.46. The van der Waals surface area contributed by atoms with Crippen LogP contribution in [0.1, 0.15) is 24.5 Å². The molecule has 0 amide bonds. The highest BCUT2D eigenvalue weighted by molar-refractivity contribution is 7.88. The van der Waals surface area contributed by atoms with Crippen LogP contribution >= 0.6 is 0 Å². The summed E-state index contributed by atoms with van der Waals surface area (Å²) in [4.78, 5) is 6.77. The number of hydrogen-bond acceptors (Lipinski definition) is 5. The Labute approximate surface area is 133 Å². The summed E-state index contributed by atoms with van der Waals surface area (Å²) in [6.07, 6.45) is 3.15. The van der Waals surface area contributed by atoms with Crippen molar-refractivity contribution in [1.29, 1.82) is 0 Å². The van der Waals surface area contributed by atoms with Crippen LogP contribution in [0.5, 0.6) is 0 Å². The lowest BCUT2D eigenvalue weighted by Crippen LogP contribution is -2.38. The zero-order valence-electron chi connectivity index (χ0n) is 13.6. The van der Waals surface area contributed by atoms with Gasteiger partial charge in [0.25, 0.3) is 0 Å². The zero-order valence-corrected chi connectivity index (χ0v) is 14.4. The second-order valence-electron chi connectivity index (χ2n) is 6.14. The van der Waals surface area contributed by atoms with E-state index in [1.807, 2.05) is 32.3 Å². The van der Waals surface area contributed by atoms with E-state index in [2.05, 4.69) is 15.2 Å². The van der Waals surface area contributed by atoms with Gasteiger partial charge in [-0.1, -0.05) is 6.07 Å². The standard InChI is InChI=1S/C15H26N4O2S/c1-18(2)11-9-16-15-8-4-7-14(17-15)13-6-5-10-19(12-13)22(3,20)21/h4,7-8,13H,5-6,9-12H2,1-3H3,(H,16,17)/t13-/m0/s1. The molecule has 0 aromatic carbocycles. The molecule has 0 aliphatic carbocycles. The van der Waals surface area contributed by atoms with Crippen molar-refractivity contribution in [2.24, 2.45) is 0 Å². The highest BCUT2D eigenvalue weighted by Gasteiger charge is 2.27. The van der Waals surface area contributed by atoms with E-state index < -0.39 is 10.0 Å². The minimum Gasteiger partial charge on any atom is -0.369 e. The molecule has 0 spiro atoms. The molecule has 6 nitrogen and oxygen atoms in total. The number of aromatic nitrogens is 1. The first-order valence-corrected chi connectivity index (χ1v) is 9.52. The van der Waals surface area contributed by atoms with Crippen LogP contribution in [0.4, 0.5) is 5.82 Å². The van der Waals surface area contributed by atoms with Gasteiger partial charge in [0.1, 0.15) is 5.82 Å². The Kier molecular flexibility index (Phi) is 5.77. The fraction of sp³-hybridized carbons (Fsp3) is 0.667. The molecule has 1 aliphatic heterocycles. The normalized spacial score (nSPS) is 20.3. The molecule has 1 aromatic heterocycles. The van der Waals surface area contributed by atoms with Crippen LogP contribution in [0.25, 0.3) is 0 Å². The van der Waals surface area contributed by atoms with Gasteiger partial charge in [0.05, 0.1) is 6.26 Å². The summed E-state index contributed by atoms with van der Waals surface area (Å²) in [5.41, 5.74) is 0.975. The van der Waals surface area contributed by atoms with Crippen LogP contribution in [0.15, 0.2) is 18.2 Å². The lowest BCUT2D eigenvalue weighted by molar-refractivity contribution is 0.314. The van der Waals surface area contributed by atoms with E-state index in [-0.39, 0.29) is 5.92 Å². The van der Waals surface area contributed by atoms with Crippen LogP contribution in [-0.2, 0) is 10.0 Å². The first-order valence-electron chi connectivity index (χ1n) is 7.67. The zero-order chi connectivity index (χ0) is 16.2. The maximum absolute atomic E-state index is 11.7. The summed E-state index contributed by atoms with van der Waals surface area (Å²) < 4.78 is 25.0. The lowest BCUT2D eigenvalue weighted by Gasteiger charge is -2.30. The molecule has 2 rings (SSSR count). The van der Waals surface area contributed by atoms with E-state index in [0.717, 1.165) is 37.4 Å². The maximum atomic E-state index is 11.7. The van der Waals surface area contributed by atoms with Gasteiger partial charge >= 0.3 is 0 Å². The van der Waals surface area contributed by atoms with Crippen molar-refractivity contribution < 1.29 is 8.42 Å². The van der Waals surface area contributed by atoms with Crippen molar-refractivity contribution in [3.8, 4) is 0 Å². The predicted octanol–water partition coefficient (Wildman–Crippen LogP) is 1.19. The van der Waals surface area contributed by atoms with E-state index in [1.54, 1.807) is 4.31 Å². The summed E-state index contributed by atoms with van der Waals surface area (Å²) in [5.74, 6) is 1.04. The van der Waals surface area contributed by atoms with Gasteiger partial charge in [-0.15, -0.1) is 0 Å². The molecule has 0 saturated carbocycles. The third-order valence-corrected chi connectivity index (χ3v) is 5.18. The van der Waals surface area contributed by atoms with Crippen molar-refractivity contribution in [3.05, 3.63) is 23.9 Å². The Hall–Kier alpha value is -1.18. The van der Waals surface area contributed by atoms with Gasteiger partial charge in [-0.05, 0) is 39.1 Å². The molecule has 124 valence electrons. The van der Waals surface area contributed by atoms with Gasteiger partial charge in [0.2, 0.25) is 10.0 Å². The number of pyridine rings is 1. The quantitative estimate of drug-likeness (QED) is 0.851. The fourth-order valence-electron chi connectivity index (χ4n) is 2.67. The molecule has 2 heterocycles. The fourth-order valence-corrected chi connectivity index (χ4v) is 3.58. The summed E-state index contributed by atoms with van der Waals surface area (Å²) in [6, 6.07) is 5.93. The molecule has 22 heavy (non-hydrogen) atoms. The van der Waals surface area contributed by atoms with Crippen LogP contribution in [0.3, 0.4) is 0 Å². The van der Waals surface area contributed by atoms with Crippen molar-refractivity contribution in [3.63, 3.8) is 0 Å². The van der Waals surface area contributed by atoms with Gasteiger partial charge < -0.3 is 10.2 Å². The second kappa shape index (κ2) is 7.39.